The van der Waals surface area contributed by atoms with Crippen molar-refractivity contribution in [2.45, 2.75) is 45.8 Å². The lowest BCUT2D eigenvalue weighted by atomic mass is 9.73. The van der Waals surface area contributed by atoms with Gasteiger partial charge >= 0.3 is 0 Å². The Balaban J connectivity index is 2.16. The molecule has 1 N–H and O–H groups in total. The quantitative estimate of drug-likeness (QED) is 0.894. The Morgan fingerprint density at radius 2 is 1.95 bits per heavy atom. The van der Waals surface area contributed by atoms with E-state index in [-0.39, 0.29) is 5.41 Å². The highest BCUT2D eigenvalue weighted by Crippen LogP contribution is 2.36. The molecular weight excluding hydrogens is 321 g/mol. The standard InChI is InChI=1S/C16H21Cl2N3O/c1-15(2,3)16(22,9-21-11-19-10-20-21)7-6-12-4-5-13(17)8-14(12)18/h4-5,8,10-11,22H,6-7,9H2,1-3H3/t16-/m1/s1. The van der Waals surface area contributed by atoms with E-state index >= 15 is 0 Å². The molecule has 0 aliphatic carbocycles. The minimum Gasteiger partial charge on any atom is -0.387 e. The molecule has 0 aliphatic rings. The number of aliphatic hydroxyl groups is 1. The van der Waals surface area contributed by atoms with Gasteiger partial charge in [0.2, 0.25) is 0 Å². The Kier molecular flexibility index (Phi) is 5.15. The summed E-state index contributed by atoms with van der Waals surface area (Å²) in [4.78, 5) is 3.94. The van der Waals surface area contributed by atoms with E-state index in [1.165, 1.54) is 6.33 Å². The van der Waals surface area contributed by atoms with Crippen molar-refractivity contribution in [3.63, 3.8) is 0 Å². The summed E-state index contributed by atoms with van der Waals surface area (Å²) in [5, 5.41) is 16.5. The lowest BCUT2D eigenvalue weighted by molar-refractivity contribution is -0.0796. The molecule has 0 radical (unpaired) electrons. The van der Waals surface area contributed by atoms with Gasteiger partial charge in [-0.1, -0.05) is 50.0 Å². The van der Waals surface area contributed by atoms with Crippen LogP contribution in [0, 0.1) is 5.41 Å². The highest BCUT2D eigenvalue weighted by atomic mass is 35.5. The summed E-state index contributed by atoms with van der Waals surface area (Å²) < 4.78 is 1.66. The van der Waals surface area contributed by atoms with Crippen molar-refractivity contribution in [1.29, 1.82) is 0 Å². The normalized spacial score (nSPS) is 14.8. The SMILES string of the molecule is CC(C)(C)[C@@](O)(CCc1ccc(Cl)cc1Cl)Cn1cncn1. The third kappa shape index (κ3) is 4.00. The second kappa shape index (κ2) is 6.57. The van der Waals surface area contributed by atoms with Crippen LogP contribution in [0.3, 0.4) is 0 Å². The first kappa shape index (κ1) is 17.3. The van der Waals surface area contributed by atoms with Gasteiger partial charge in [-0.25, -0.2) is 4.98 Å². The van der Waals surface area contributed by atoms with Crippen LogP contribution in [0.5, 0.6) is 0 Å². The zero-order valence-corrected chi connectivity index (χ0v) is 14.6. The van der Waals surface area contributed by atoms with Gasteiger partial charge < -0.3 is 5.11 Å². The van der Waals surface area contributed by atoms with Crippen molar-refractivity contribution in [1.82, 2.24) is 14.8 Å². The summed E-state index contributed by atoms with van der Waals surface area (Å²) in [7, 11) is 0. The van der Waals surface area contributed by atoms with Gasteiger partial charge in [-0.3, -0.25) is 4.68 Å². The molecule has 1 aromatic heterocycles. The molecule has 2 rings (SSSR count). The number of nitrogens with zero attached hydrogens (tertiary/aromatic N) is 3. The molecule has 2 aromatic rings. The molecule has 0 bridgehead atoms. The Morgan fingerprint density at radius 1 is 1.23 bits per heavy atom. The highest BCUT2D eigenvalue weighted by Gasteiger charge is 2.40. The van der Waals surface area contributed by atoms with Crippen LogP contribution in [0.2, 0.25) is 10.0 Å². The van der Waals surface area contributed by atoms with Crippen molar-refractivity contribution in [2.75, 3.05) is 0 Å². The molecular formula is C16H21Cl2N3O. The molecule has 1 heterocycles. The zero-order chi connectivity index (χ0) is 16.4. The van der Waals surface area contributed by atoms with Gasteiger partial charge in [0, 0.05) is 10.0 Å². The maximum absolute atomic E-state index is 11.2. The molecule has 0 saturated heterocycles. The van der Waals surface area contributed by atoms with Gasteiger partial charge in [-0.05, 0) is 36.0 Å². The second-order valence-electron chi connectivity index (χ2n) is 6.61. The van der Waals surface area contributed by atoms with Crippen molar-refractivity contribution >= 4 is 23.2 Å². The monoisotopic (exact) mass is 341 g/mol. The molecule has 6 heteroatoms. The zero-order valence-electron chi connectivity index (χ0n) is 13.1. The van der Waals surface area contributed by atoms with Crippen molar-refractivity contribution < 1.29 is 5.11 Å². The number of hydrogen-bond acceptors (Lipinski definition) is 3. The molecule has 0 unspecified atom stereocenters. The summed E-state index contributed by atoms with van der Waals surface area (Å²) in [6, 6.07) is 5.45. The summed E-state index contributed by atoms with van der Waals surface area (Å²) in [6.07, 6.45) is 4.32. The predicted molar refractivity (Wildman–Crippen MR) is 89.2 cm³/mol. The van der Waals surface area contributed by atoms with Crippen molar-refractivity contribution in [2.24, 2.45) is 5.41 Å². The largest absolute Gasteiger partial charge is 0.387 e. The van der Waals surface area contributed by atoms with E-state index in [4.69, 9.17) is 23.2 Å². The third-order valence-corrected chi connectivity index (χ3v) is 4.70. The van der Waals surface area contributed by atoms with Crippen LogP contribution in [0.15, 0.2) is 30.9 Å². The molecule has 1 aromatic carbocycles. The van der Waals surface area contributed by atoms with E-state index in [2.05, 4.69) is 10.1 Å². The van der Waals surface area contributed by atoms with Crippen LogP contribution >= 0.6 is 23.2 Å². The van der Waals surface area contributed by atoms with Crippen LogP contribution in [0.4, 0.5) is 0 Å². The average Bonchev–Trinajstić information content (AvgIpc) is 2.89. The molecule has 0 amide bonds. The molecule has 4 nitrogen and oxygen atoms in total. The molecule has 120 valence electrons. The third-order valence-electron chi connectivity index (χ3n) is 4.11. The van der Waals surface area contributed by atoms with Crippen LogP contribution < -0.4 is 0 Å². The number of aryl methyl sites for hydroxylation is 1. The number of hydrogen-bond donors (Lipinski definition) is 1. The minimum atomic E-state index is -0.927. The first-order valence-electron chi connectivity index (χ1n) is 7.20. The van der Waals surface area contributed by atoms with Gasteiger partial charge in [-0.15, -0.1) is 0 Å². The Morgan fingerprint density at radius 3 is 2.50 bits per heavy atom. The van der Waals surface area contributed by atoms with Gasteiger partial charge in [-0.2, -0.15) is 5.10 Å². The van der Waals surface area contributed by atoms with Crippen molar-refractivity contribution in [3.8, 4) is 0 Å². The van der Waals surface area contributed by atoms with E-state index in [1.54, 1.807) is 17.1 Å². The fourth-order valence-corrected chi connectivity index (χ4v) is 2.84. The Labute approximate surface area is 141 Å². The van der Waals surface area contributed by atoms with Crippen LogP contribution in [0.1, 0.15) is 32.8 Å². The first-order valence-corrected chi connectivity index (χ1v) is 7.96. The van der Waals surface area contributed by atoms with Crippen LogP contribution in [-0.4, -0.2) is 25.5 Å². The van der Waals surface area contributed by atoms with Gasteiger partial charge in [0.15, 0.2) is 0 Å². The topological polar surface area (TPSA) is 50.9 Å². The van der Waals surface area contributed by atoms with E-state index < -0.39 is 5.60 Å². The Bertz CT molecular complexity index is 623. The number of halogens is 2. The average molecular weight is 342 g/mol. The highest BCUT2D eigenvalue weighted by molar-refractivity contribution is 6.35. The van der Waals surface area contributed by atoms with E-state index in [0.717, 1.165) is 5.56 Å². The lowest BCUT2D eigenvalue weighted by Crippen LogP contribution is -2.47. The van der Waals surface area contributed by atoms with Gasteiger partial charge in [0.05, 0.1) is 12.1 Å². The Hall–Kier alpha value is -1.10. The summed E-state index contributed by atoms with van der Waals surface area (Å²) in [6.45, 7) is 6.45. The van der Waals surface area contributed by atoms with Crippen LogP contribution in [0.25, 0.3) is 0 Å². The summed E-state index contributed by atoms with van der Waals surface area (Å²) in [5.41, 5.74) is -0.256. The smallest absolute Gasteiger partial charge is 0.137 e. The molecule has 0 saturated carbocycles. The van der Waals surface area contributed by atoms with E-state index in [9.17, 15) is 5.11 Å². The van der Waals surface area contributed by atoms with Gasteiger partial charge in [0.1, 0.15) is 12.7 Å². The maximum atomic E-state index is 11.2. The van der Waals surface area contributed by atoms with Crippen LogP contribution in [-0.2, 0) is 13.0 Å². The number of benzene rings is 1. The summed E-state index contributed by atoms with van der Waals surface area (Å²) >= 11 is 12.1. The summed E-state index contributed by atoms with van der Waals surface area (Å²) in [5.74, 6) is 0. The second-order valence-corrected chi connectivity index (χ2v) is 7.45. The maximum Gasteiger partial charge on any atom is 0.137 e. The molecule has 0 aliphatic heterocycles. The molecule has 0 spiro atoms. The first-order chi connectivity index (χ1) is 10.2. The predicted octanol–water partition coefficient (Wildman–Crippen LogP) is 3.99. The molecule has 0 fully saturated rings. The fourth-order valence-electron chi connectivity index (χ4n) is 2.34. The molecule has 1 atom stereocenters. The number of aromatic nitrogens is 3. The molecule has 22 heavy (non-hydrogen) atoms. The van der Waals surface area contributed by atoms with E-state index in [1.807, 2.05) is 32.9 Å². The van der Waals surface area contributed by atoms with E-state index in [0.29, 0.717) is 29.4 Å². The van der Waals surface area contributed by atoms with Gasteiger partial charge in [0.25, 0.3) is 0 Å². The van der Waals surface area contributed by atoms with Crippen molar-refractivity contribution in [3.05, 3.63) is 46.5 Å². The minimum absolute atomic E-state index is 0.308. The fraction of sp³-hybridized carbons (Fsp3) is 0.500. The number of rotatable bonds is 5. The lowest BCUT2D eigenvalue weighted by Gasteiger charge is -2.40.